The van der Waals surface area contributed by atoms with Crippen molar-refractivity contribution in [3.63, 3.8) is 0 Å². The Balaban J connectivity index is 1.73. The van der Waals surface area contributed by atoms with Crippen LogP contribution in [0.5, 0.6) is 5.75 Å². The molecule has 0 fully saturated rings. The topological polar surface area (TPSA) is 27.7 Å². The summed E-state index contributed by atoms with van der Waals surface area (Å²) in [4.78, 5) is 0. The lowest BCUT2D eigenvalue weighted by Crippen LogP contribution is -2.20. The Morgan fingerprint density at radius 1 is 1.14 bits per heavy atom. The number of rotatable bonds is 11. The summed E-state index contributed by atoms with van der Waals surface area (Å²) in [6, 6.07) is 8.21. The fourth-order valence-corrected chi connectivity index (χ4v) is 4.22. The Labute approximate surface area is 178 Å². The first-order valence-corrected chi connectivity index (χ1v) is 11.0. The van der Waals surface area contributed by atoms with Crippen molar-refractivity contribution in [3.05, 3.63) is 52.6 Å². The van der Waals surface area contributed by atoms with Crippen molar-refractivity contribution in [3.8, 4) is 5.75 Å². The fraction of sp³-hybridized carbons (Fsp3) is 0.615. The molecule has 0 heterocycles. The summed E-state index contributed by atoms with van der Waals surface area (Å²) < 4.78 is 16.4. The van der Waals surface area contributed by atoms with E-state index in [0.717, 1.165) is 38.0 Å². The van der Waals surface area contributed by atoms with Gasteiger partial charge in [0.1, 0.15) is 5.75 Å². The molecule has 0 aliphatic heterocycles. The predicted octanol–water partition coefficient (Wildman–Crippen LogP) is 6.87. The molecule has 162 valence electrons. The van der Waals surface area contributed by atoms with Gasteiger partial charge in [-0.3, -0.25) is 0 Å². The van der Waals surface area contributed by atoms with E-state index in [2.05, 4.69) is 45.9 Å². The lowest BCUT2D eigenvalue weighted by atomic mass is 9.71. The van der Waals surface area contributed by atoms with E-state index in [0.29, 0.717) is 5.41 Å². The highest BCUT2D eigenvalue weighted by atomic mass is 16.7. The zero-order valence-corrected chi connectivity index (χ0v) is 19.3. The molecule has 0 atom stereocenters. The van der Waals surface area contributed by atoms with Gasteiger partial charge in [-0.05, 0) is 75.5 Å². The van der Waals surface area contributed by atoms with Gasteiger partial charge in [-0.2, -0.15) is 0 Å². The minimum atomic E-state index is -0.199. The average molecular weight is 401 g/mol. The Bertz CT molecular complexity index is 678. The van der Waals surface area contributed by atoms with Crippen LogP contribution in [0.15, 0.2) is 47.1 Å². The highest BCUT2D eigenvalue weighted by Crippen LogP contribution is 2.42. The molecule has 29 heavy (non-hydrogen) atoms. The molecule has 3 nitrogen and oxygen atoms in total. The van der Waals surface area contributed by atoms with Crippen molar-refractivity contribution < 1.29 is 14.2 Å². The van der Waals surface area contributed by atoms with Crippen LogP contribution in [0.4, 0.5) is 0 Å². The molecule has 1 aromatic carbocycles. The van der Waals surface area contributed by atoms with E-state index in [1.165, 1.54) is 30.4 Å². The first-order chi connectivity index (χ1) is 13.9. The van der Waals surface area contributed by atoms with Crippen LogP contribution >= 0.6 is 0 Å². The van der Waals surface area contributed by atoms with E-state index >= 15 is 0 Å². The monoisotopic (exact) mass is 400 g/mol. The molecule has 0 saturated heterocycles. The van der Waals surface area contributed by atoms with E-state index in [-0.39, 0.29) is 6.29 Å². The lowest BCUT2D eigenvalue weighted by molar-refractivity contribution is -0.100. The van der Waals surface area contributed by atoms with Crippen LogP contribution in [0.2, 0.25) is 0 Å². The Morgan fingerprint density at radius 3 is 2.45 bits per heavy atom. The number of allylic oxidation sites excluding steroid dienone is 4. The van der Waals surface area contributed by atoms with Gasteiger partial charge < -0.3 is 14.2 Å². The van der Waals surface area contributed by atoms with E-state index in [1.54, 1.807) is 25.4 Å². The molecule has 0 radical (unpaired) electrons. The van der Waals surface area contributed by atoms with Gasteiger partial charge in [0.25, 0.3) is 0 Å². The van der Waals surface area contributed by atoms with Crippen LogP contribution in [0.3, 0.4) is 0 Å². The van der Waals surface area contributed by atoms with Crippen LogP contribution in [-0.2, 0) is 15.9 Å². The third-order valence-electron chi connectivity index (χ3n) is 6.18. The molecular formula is C26H40O3. The van der Waals surface area contributed by atoms with Crippen molar-refractivity contribution in [1.82, 2.24) is 0 Å². The number of hydrogen-bond donors (Lipinski definition) is 0. The normalized spacial score (nSPS) is 17.1. The lowest BCUT2D eigenvalue weighted by Gasteiger charge is -2.34. The molecule has 1 aliphatic carbocycles. The Hall–Kier alpha value is -1.58. The van der Waals surface area contributed by atoms with E-state index in [4.69, 9.17) is 14.2 Å². The van der Waals surface area contributed by atoms with Crippen LogP contribution in [0.25, 0.3) is 0 Å². The summed E-state index contributed by atoms with van der Waals surface area (Å²) in [6.45, 7) is 10.1. The number of methoxy groups -OCH3 is 2. The maximum absolute atomic E-state index is 5.91. The van der Waals surface area contributed by atoms with Crippen molar-refractivity contribution >= 4 is 0 Å². The average Bonchev–Trinajstić information content (AvgIpc) is 2.69. The predicted molar refractivity (Wildman–Crippen MR) is 121 cm³/mol. The van der Waals surface area contributed by atoms with Gasteiger partial charge in [-0.25, -0.2) is 0 Å². The van der Waals surface area contributed by atoms with E-state index in [9.17, 15) is 0 Å². The molecule has 1 aliphatic rings. The largest absolute Gasteiger partial charge is 0.494 e. The van der Waals surface area contributed by atoms with Crippen LogP contribution < -0.4 is 4.74 Å². The van der Waals surface area contributed by atoms with Crippen molar-refractivity contribution in [2.45, 2.75) is 78.9 Å². The van der Waals surface area contributed by atoms with Crippen LogP contribution in [-0.4, -0.2) is 27.1 Å². The molecule has 1 aromatic rings. The minimum Gasteiger partial charge on any atom is -0.494 e. The molecule has 0 unspecified atom stereocenters. The van der Waals surface area contributed by atoms with Gasteiger partial charge in [0.15, 0.2) is 6.29 Å². The fourth-order valence-electron chi connectivity index (χ4n) is 4.22. The van der Waals surface area contributed by atoms with Gasteiger partial charge >= 0.3 is 0 Å². The van der Waals surface area contributed by atoms with Crippen LogP contribution in [0, 0.1) is 5.41 Å². The second-order valence-corrected chi connectivity index (χ2v) is 8.95. The molecule has 2 rings (SSSR count). The first-order valence-electron chi connectivity index (χ1n) is 11.0. The molecular weight excluding hydrogens is 360 g/mol. The molecule has 0 amide bonds. The smallest absolute Gasteiger partial charge is 0.160 e. The zero-order chi connectivity index (χ0) is 21.3. The molecule has 0 N–H and O–H groups in total. The maximum Gasteiger partial charge on any atom is 0.160 e. The summed E-state index contributed by atoms with van der Waals surface area (Å²) in [5, 5.41) is 0. The third-order valence-corrected chi connectivity index (χ3v) is 6.18. The Morgan fingerprint density at radius 2 is 1.83 bits per heavy atom. The summed E-state index contributed by atoms with van der Waals surface area (Å²) in [6.07, 6.45) is 10.1. The number of ether oxygens (including phenoxy) is 3. The van der Waals surface area contributed by atoms with Gasteiger partial charge in [0.05, 0.1) is 6.61 Å². The number of hydrogen-bond acceptors (Lipinski definition) is 3. The maximum atomic E-state index is 5.91. The van der Waals surface area contributed by atoms with Gasteiger partial charge in [0.2, 0.25) is 0 Å². The van der Waals surface area contributed by atoms with Gasteiger partial charge in [-0.1, -0.05) is 48.8 Å². The molecule has 3 heteroatoms. The third kappa shape index (κ3) is 7.64. The van der Waals surface area contributed by atoms with E-state index < -0.39 is 0 Å². The summed E-state index contributed by atoms with van der Waals surface area (Å²) >= 11 is 0. The van der Waals surface area contributed by atoms with Crippen molar-refractivity contribution in [2.75, 3.05) is 20.8 Å². The second-order valence-electron chi connectivity index (χ2n) is 8.95. The molecule has 0 aromatic heterocycles. The molecule has 0 bridgehead atoms. The summed E-state index contributed by atoms with van der Waals surface area (Å²) in [5.74, 6) is 0.923. The molecule has 0 saturated carbocycles. The zero-order valence-electron chi connectivity index (χ0n) is 19.3. The van der Waals surface area contributed by atoms with Crippen LogP contribution in [0.1, 0.15) is 71.8 Å². The highest BCUT2D eigenvalue weighted by Gasteiger charge is 2.27. The first kappa shape index (κ1) is 23.7. The summed E-state index contributed by atoms with van der Waals surface area (Å²) in [5.41, 5.74) is 6.28. The van der Waals surface area contributed by atoms with Gasteiger partial charge in [-0.15, -0.1) is 0 Å². The SMILES string of the molecule is COC(Cc1ccc(OCCCC(C)=CCC2=C(C)CCCC2(C)C)cc1)OC. The highest BCUT2D eigenvalue weighted by molar-refractivity contribution is 5.28. The van der Waals surface area contributed by atoms with Crippen molar-refractivity contribution in [2.24, 2.45) is 5.41 Å². The quantitative estimate of drug-likeness (QED) is 0.230. The minimum absolute atomic E-state index is 0.199. The summed E-state index contributed by atoms with van der Waals surface area (Å²) in [7, 11) is 3.33. The van der Waals surface area contributed by atoms with E-state index in [1.807, 2.05) is 12.1 Å². The standard InChI is InChI=1S/C26H40O3/c1-20(11-16-24-21(2)10-7-17-26(24,3)4)9-8-18-29-23-14-12-22(13-15-23)19-25(27-5)28-6/h11-15,25H,7-10,16-19H2,1-6H3. The number of benzene rings is 1. The second kappa shape index (κ2) is 11.6. The van der Waals surface area contributed by atoms with Crippen molar-refractivity contribution in [1.29, 1.82) is 0 Å². The Kier molecular flexibility index (Phi) is 9.45. The van der Waals surface area contributed by atoms with Gasteiger partial charge in [0, 0.05) is 20.6 Å². The molecule has 0 spiro atoms.